The molecule has 2 heterocycles. The normalized spacial score (nSPS) is 14.7. The molecule has 2 aliphatic heterocycles. The molecular formula is C18H16ClNO3. The number of halogens is 1. The zero-order valence-corrected chi connectivity index (χ0v) is 13.3. The van der Waals surface area contributed by atoms with Gasteiger partial charge in [-0.05, 0) is 17.7 Å². The lowest BCUT2D eigenvalue weighted by atomic mass is 9.99. The molecule has 0 saturated heterocycles. The number of carbonyl (C=O) groups excluding carboxylic acids is 1. The maximum Gasteiger partial charge on any atom is 0.255 e. The number of ether oxygens (including phenoxy) is 2. The topological polar surface area (TPSA) is 47.6 Å². The van der Waals surface area contributed by atoms with Crippen LogP contribution in [0.15, 0.2) is 30.3 Å². The van der Waals surface area contributed by atoms with Gasteiger partial charge in [-0.2, -0.15) is 0 Å². The SMILES string of the molecule is O=C(NCc1ccccc1Cl)c1c2c(cc3c1OCC3)OCC2. The van der Waals surface area contributed by atoms with Crippen LogP contribution in [0.1, 0.15) is 27.0 Å². The van der Waals surface area contributed by atoms with Crippen molar-refractivity contribution in [2.24, 2.45) is 0 Å². The van der Waals surface area contributed by atoms with Crippen molar-refractivity contribution in [3.05, 3.63) is 57.6 Å². The van der Waals surface area contributed by atoms with E-state index in [0.29, 0.717) is 36.1 Å². The van der Waals surface area contributed by atoms with Crippen LogP contribution >= 0.6 is 11.6 Å². The molecule has 4 nitrogen and oxygen atoms in total. The summed E-state index contributed by atoms with van der Waals surface area (Å²) in [6, 6.07) is 9.51. The Kier molecular flexibility index (Phi) is 3.62. The van der Waals surface area contributed by atoms with Crippen molar-refractivity contribution in [3.63, 3.8) is 0 Å². The van der Waals surface area contributed by atoms with Crippen molar-refractivity contribution in [3.8, 4) is 11.5 Å². The molecule has 2 aliphatic rings. The minimum absolute atomic E-state index is 0.134. The van der Waals surface area contributed by atoms with Crippen molar-refractivity contribution < 1.29 is 14.3 Å². The third-order valence-electron chi connectivity index (χ3n) is 4.27. The molecule has 1 N–H and O–H groups in total. The van der Waals surface area contributed by atoms with Crippen molar-refractivity contribution in [1.82, 2.24) is 5.32 Å². The minimum Gasteiger partial charge on any atom is -0.493 e. The number of hydrogen-bond donors (Lipinski definition) is 1. The maximum absolute atomic E-state index is 12.8. The fraction of sp³-hybridized carbons (Fsp3) is 0.278. The summed E-state index contributed by atoms with van der Waals surface area (Å²) < 4.78 is 11.3. The molecule has 118 valence electrons. The first-order valence-corrected chi connectivity index (χ1v) is 8.08. The van der Waals surface area contributed by atoms with E-state index in [-0.39, 0.29) is 5.91 Å². The van der Waals surface area contributed by atoms with E-state index >= 15 is 0 Å². The Morgan fingerprint density at radius 2 is 2.00 bits per heavy atom. The van der Waals surface area contributed by atoms with E-state index in [9.17, 15) is 4.79 Å². The highest BCUT2D eigenvalue weighted by Crippen LogP contribution is 2.40. The maximum atomic E-state index is 12.8. The zero-order valence-electron chi connectivity index (χ0n) is 12.5. The molecule has 0 bridgehead atoms. The average molecular weight is 330 g/mol. The summed E-state index contributed by atoms with van der Waals surface area (Å²) in [5.41, 5.74) is 3.51. The molecule has 23 heavy (non-hydrogen) atoms. The second kappa shape index (κ2) is 5.78. The highest BCUT2D eigenvalue weighted by atomic mass is 35.5. The number of nitrogens with one attached hydrogen (secondary N) is 1. The number of benzene rings is 2. The Morgan fingerprint density at radius 1 is 1.17 bits per heavy atom. The first-order valence-electron chi connectivity index (χ1n) is 7.70. The fourth-order valence-electron chi connectivity index (χ4n) is 3.13. The third kappa shape index (κ3) is 2.53. The molecule has 0 atom stereocenters. The minimum atomic E-state index is -0.134. The van der Waals surface area contributed by atoms with Crippen LogP contribution < -0.4 is 14.8 Å². The summed E-state index contributed by atoms with van der Waals surface area (Å²) in [7, 11) is 0. The Labute approximate surface area is 139 Å². The Morgan fingerprint density at radius 3 is 2.87 bits per heavy atom. The van der Waals surface area contributed by atoms with Gasteiger partial charge in [0.25, 0.3) is 5.91 Å². The first kappa shape index (κ1) is 14.4. The predicted molar refractivity (Wildman–Crippen MR) is 87.5 cm³/mol. The third-order valence-corrected chi connectivity index (χ3v) is 4.64. The van der Waals surface area contributed by atoms with E-state index in [1.165, 1.54) is 0 Å². The lowest BCUT2D eigenvalue weighted by Crippen LogP contribution is -2.24. The largest absolute Gasteiger partial charge is 0.493 e. The van der Waals surface area contributed by atoms with Crippen molar-refractivity contribution >= 4 is 17.5 Å². The molecule has 2 aromatic carbocycles. The Bertz CT molecular complexity index is 756. The molecule has 0 unspecified atom stereocenters. The summed E-state index contributed by atoms with van der Waals surface area (Å²) in [5.74, 6) is 1.40. The van der Waals surface area contributed by atoms with E-state index < -0.39 is 0 Å². The van der Waals surface area contributed by atoms with Gasteiger partial charge in [-0.15, -0.1) is 0 Å². The van der Waals surface area contributed by atoms with E-state index in [4.69, 9.17) is 21.1 Å². The second-order valence-corrected chi connectivity index (χ2v) is 6.09. The molecule has 2 aromatic rings. The number of rotatable bonds is 3. The predicted octanol–water partition coefficient (Wildman–Crippen LogP) is 3.14. The van der Waals surface area contributed by atoms with Gasteiger partial charge < -0.3 is 14.8 Å². The summed E-state index contributed by atoms with van der Waals surface area (Å²) in [5, 5.41) is 3.61. The molecule has 0 aromatic heterocycles. The highest BCUT2D eigenvalue weighted by molar-refractivity contribution is 6.31. The van der Waals surface area contributed by atoms with Gasteiger partial charge in [0, 0.05) is 35.5 Å². The Balaban J connectivity index is 1.63. The zero-order chi connectivity index (χ0) is 15.8. The smallest absolute Gasteiger partial charge is 0.255 e. The van der Waals surface area contributed by atoms with Crippen molar-refractivity contribution in [2.75, 3.05) is 13.2 Å². The first-order chi connectivity index (χ1) is 11.2. The van der Waals surface area contributed by atoms with Gasteiger partial charge in [-0.3, -0.25) is 4.79 Å². The van der Waals surface area contributed by atoms with Crippen LogP contribution in [-0.2, 0) is 19.4 Å². The highest BCUT2D eigenvalue weighted by Gasteiger charge is 2.30. The standard InChI is InChI=1S/C18H16ClNO3/c19-14-4-2-1-3-12(14)10-20-18(21)16-13-6-8-22-15(13)9-11-5-7-23-17(11)16/h1-4,9H,5-8,10H2,(H,20,21). The number of carbonyl (C=O) groups is 1. The van der Waals surface area contributed by atoms with E-state index in [1.807, 2.05) is 30.3 Å². The second-order valence-electron chi connectivity index (χ2n) is 5.69. The molecule has 0 aliphatic carbocycles. The van der Waals surface area contributed by atoms with Crippen LogP contribution in [-0.4, -0.2) is 19.1 Å². The van der Waals surface area contributed by atoms with Gasteiger partial charge in [0.05, 0.1) is 18.8 Å². The Hall–Kier alpha value is -2.20. The van der Waals surface area contributed by atoms with Crippen LogP contribution in [0.2, 0.25) is 5.02 Å². The van der Waals surface area contributed by atoms with Gasteiger partial charge in [0.15, 0.2) is 0 Å². The summed E-state index contributed by atoms with van der Waals surface area (Å²) in [4.78, 5) is 12.8. The molecular weight excluding hydrogens is 314 g/mol. The summed E-state index contributed by atoms with van der Waals surface area (Å²) >= 11 is 6.15. The van der Waals surface area contributed by atoms with Gasteiger partial charge >= 0.3 is 0 Å². The summed E-state index contributed by atoms with van der Waals surface area (Å²) in [6.07, 6.45) is 1.55. The van der Waals surface area contributed by atoms with Gasteiger partial charge in [-0.25, -0.2) is 0 Å². The molecule has 5 heteroatoms. The van der Waals surface area contributed by atoms with Gasteiger partial charge in [-0.1, -0.05) is 29.8 Å². The molecule has 0 saturated carbocycles. The van der Waals surface area contributed by atoms with Crippen LogP contribution in [0.4, 0.5) is 0 Å². The number of fused-ring (bicyclic) bond motifs is 2. The van der Waals surface area contributed by atoms with Crippen molar-refractivity contribution in [1.29, 1.82) is 0 Å². The quantitative estimate of drug-likeness (QED) is 0.941. The molecule has 1 amide bonds. The number of amides is 1. The van der Waals surface area contributed by atoms with E-state index in [0.717, 1.165) is 35.3 Å². The lowest BCUT2D eigenvalue weighted by Gasteiger charge is -2.13. The molecule has 0 fully saturated rings. The summed E-state index contributed by atoms with van der Waals surface area (Å²) in [6.45, 7) is 1.61. The molecule has 4 rings (SSSR count). The van der Waals surface area contributed by atoms with Crippen LogP contribution in [0.5, 0.6) is 11.5 Å². The lowest BCUT2D eigenvalue weighted by molar-refractivity contribution is 0.0947. The van der Waals surface area contributed by atoms with Crippen LogP contribution in [0, 0.1) is 0 Å². The fourth-order valence-corrected chi connectivity index (χ4v) is 3.33. The molecule has 0 radical (unpaired) electrons. The number of hydrogen-bond acceptors (Lipinski definition) is 3. The average Bonchev–Trinajstić information content (AvgIpc) is 3.19. The van der Waals surface area contributed by atoms with Gasteiger partial charge in [0.1, 0.15) is 11.5 Å². The monoisotopic (exact) mass is 329 g/mol. The van der Waals surface area contributed by atoms with Crippen LogP contribution in [0.25, 0.3) is 0 Å². The van der Waals surface area contributed by atoms with Gasteiger partial charge in [0.2, 0.25) is 0 Å². The van der Waals surface area contributed by atoms with Crippen molar-refractivity contribution in [2.45, 2.75) is 19.4 Å². The van der Waals surface area contributed by atoms with E-state index in [1.54, 1.807) is 0 Å². The van der Waals surface area contributed by atoms with E-state index in [2.05, 4.69) is 5.32 Å². The van der Waals surface area contributed by atoms with Crippen LogP contribution in [0.3, 0.4) is 0 Å². The molecule has 0 spiro atoms.